The van der Waals surface area contributed by atoms with Crippen LogP contribution in [0.2, 0.25) is 0 Å². The van der Waals surface area contributed by atoms with E-state index in [0.29, 0.717) is 28.6 Å². The third-order valence-corrected chi connectivity index (χ3v) is 5.88. The smallest absolute Gasteiger partial charge is 0.325 e. The summed E-state index contributed by atoms with van der Waals surface area (Å²) < 4.78 is 32.4. The van der Waals surface area contributed by atoms with E-state index in [4.69, 9.17) is 34.2 Å². The first-order valence-corrected chi connectivity index (χ1v) is 14.5. The number of benzene rings is 2. The fourth-order valence-electron chi connectivity index (χ4n) is 4.11. The van der Waals surface area contributed by atoms with Gasteiger partial charge in [-0.15, -0.1) is 0 Å². The Morgan fingerprint density at radius 3 is 1.34 bits per heavy atom. The number of nitrogens with zero attached hydrogens (tertiary/aromatic N) is 2. The lowest BCUT2D eigenvalue weighted by Gasteiger charge is -2.26. The van der Waals surface area contributed by atoms with Crippen molar-refractivity contribution in [2.24, 2.45) is 0 Å². The third kappa shape index (κ3) is 11.9. The molecular weight excluding hydrogens is 574 g/mol. The van der Waals surface area contributed by atoms with Gasteiger partial charge in [-0.05, 0) is 64.4 Å². The summed E-state index contributed by atoms with van der Waals surface area (Å²) in [6.07, 6.45) is 0. The molecule has 0 aliphatic heterocycles. The Labute approximate surface area is 258 Å². The normalized spacial score (nSPS) is 10.4. The third-order valence-electron chi connectivity index (χ3n) is 5.88. The number of esters is 4. The van der Waals surface area contributed by atoms with Gasteiger partial charge in [0.25, 0.3) is 0 Å². The molecule has 0 aromatic heterocycles. The van der Waals surface area contributed by atoms with Gasteiger partial charge in [0.15, 0.2) is 0 Å². The highest BCUT2D eigenvalue weighted by Crippen LogP contribution is 2.32. The van der Waals surface area contributed by atoms with Crippen LogP contribution in [-0.2, 0) is 38.1 Å². The van der Waals surface area contributed by atoms with E-state index in [1.165, 1.54) is 9.80 Å². The molecule has 0 saturated heterocycles. The number of ether oxygens (including phenoxy) is 6. The molecule has 0 unspecified atom stereocenters. The van der Waals surface area contributed by atoms with Gasteiger partial charge in [-0.3, -0.25) is 19.2 Å². The molecule has 2 rings (SSSR count). The highest BCUT2D eigenvalue weighted by atomic mass is 16.5. The van der Waals surface area contributed by atoms with E-state index in [1.54, 1.807) is 58.0 Å². The maximum atomic E-state index is 12.3. The molecule has 13 heteroatoms. The van der Waals surface area contributed by atoms with Crippen LogP contribution >= 0.6 is 0 Å². The zero-order valence-electron chi connectivity index (χ0n) is 26.1. The van der Waals surface area contributed by atoms with E-state index in [1.807, 2.05) is 13.0 Å². The van der Waals surface area contributed by atoms with Crippen LogP contribution in [0.5, 0.6) is 11.5 Å². The van der Waals surface area contributed by atoms with Crippen molar-refractivity contribution in [3.05, 3.63) is 42.0 Å². The summed E-state index contributed by atoms with van der Waals surface area (Å²) in [5, 5.41) is 0. The average Bonchev–Trinajstić information content (AvgIpc) is 2.95. The Morgan fingerprint density at radius 2 is 0.955 bits per heavy atom. The second kappa shape index (κ2) is 18.8. The predicted octanol–water partition coefficient (Wildman–Crippen LogP) is 2.90. The zero-order valence-corrected chi connectivity index (χ0v) is 26.1. The van der Waals surface area contributed by atoms with E-state index in [0.717, 1.165) is 5.56 Å². The van der Waals surface area contributed by atoms with Crippen LogP contribution in [0, 0.1) is 6.92 Å². The van der Waals surface area contributed by atoms with Crippen molar-refractivity contribution in [3.63, 3.8) is 0 Å². The summed E-state index contributed by atoms with van der Waals surface area (Å²) in [6, 6.07) is 10.2. The van der Waals surface area contributed by atoms with Crippen LogP contribution in [0.15, 0.2) is 36.4 Å². The number of carbonyl (C=O) groups is 4. The molecule has 0 atom stereocenters. The highest BCUT2D eigenvalue weighted by Gasteiger charge is 2.22. The molecule has 0 aliphatic carbocycles. The number of anilines is 3. The first kappa shape index (κ1) is 35.5. The number of carbonyl (C=O) groups excluding carboxylic acids is 4. The molecule has 0 aliphatic rings. The van der Waals surface area contributed by atoms with Gasteiger partial charge in [-0.25, -0.2) is 0 Å². The van der Waals surface area contributed by atoms with Crippen LogP contribution in [0.25, 0.3) is 0 Å². The molecule has 0 radical (unpaired) electrons. The minimum Gasteiger partial charge on any atom is -0.488 e. The quantitative estimate of drug-likeness (QED) is 0.106. The van der Waals surface area contributed by atoms with Crippen LogP contribution < -0.4 is 25.0 Å². The lowest BCUT2D eigenvalue weighted by molar-refractivity contribution is -0.144. The number of hydrogen-bond donors (Lipinski definition) is 1. The average molecular weight is 618 g/mol. The Kier molecular flexibility index (Phi) is 15.2. The Morgan fingerprint density at radius 1 is 0.591 bits per heavy atom. The van der Waals surface area contributed by atoms with Gasteiger partial charge in [0, 0.05) is 11.8 Å². The molecule has 0 amide bonds. The topological polar surface area (TPSA) is 156 Å². The summed E-state index contributed by atoms with van der Waals surface area (Å²) in [7, 11) is 0. The summed E-state index contributed by atoms with van der Waals surface area (Å²) in [5.41, 5.74) is 8.25. The van der Waals surface area contributed by atoms with E-state index in [2.05, 4.69) is 0 Å². The van der Waals surface area contributed by atoms with Gasteiger partial charge in [0.05, 0.1) is 37.8 Å². The highest BCUT2D eigenvalue weighted by molar-refractivity contribution is 5.84. The molecule has 0 heterocycles. The Bertz CT molecular complexity index is 1120. The lowest BCUT2D eigenvalue weighted by atomic mass is 10.2. The fraction of sp³-hybridized carbons (Fsp3) is 0.484. The van der Waals surface area contributed by atoms with Gasteiger partial charge in [0.2, 0.25) is 0 Å². The van der Waals surface area contributed by atoms with Gasteiger partial charge in [0.1, 0.15) is 50.9 Å². The monoisotopic (exact) mass is 617 g/mol. The molecular formula is C31H43N3O10. The van der Waals surface area contributed by atoms with E-state index < -0.39 is 23.9 Å². The van der Waals surface area contributed by atoms with Crippen molar-refractivity contribution < 1.29 is 47.6 Å². The van der Waals surface area contributed by atoms with Crippen molar-refractivity contribution in [2.75, 3.05) is 81.4 Å². The SMILES string of the molecule is CCOC(=O)CN(CC(=O)OCC)c1ccc(C)cc1OCCOc1cc(N)ccc1N(CC(=O)OCC)CC(=O)OCC. The zero-order chi connectivity index (χ0) is 32.5. The second-order valence-corrected chi connectivity index (χ2v) is 9.33. The van der Waals surface area contributed by atoms with Gasteiger partial charge >= 0.3 is 23.9 Å². The maximum absolute atomic E-state index is 12.3. The molecule has 242 valence electrons. The van der Waals surface area contributed by atoms with E-state index in [9.17, 15) is 19.2 Å². The molecule has 2 N–H and O–H groups in total. The summed E-state index contributed by atoms with van der Waals surface area (Å²) in [6.45, 7) is 8.74. The van der Waals surface area contributed by atoms with Crippen molar-refractivity contribution >= 4 is 40.9 Å². The molecule has 0 fully saturated rings. The molecule has 0 spiro atoms. The van der Waals surface area contributed by atoms with E-state index in [-0.39, 0.29) is 65.8 Å². The number of nitrogens with two attached hydrogens (primary N) is 1. The van der Waals surface area contributed by atoms with E-state index >= 15 is 0 Å². The standard InChI is InChI=1S/C31H43N3O10/c1-6-39-28(35)18-33(19-29(36)40-7-2)24-12-10-22(5)16-26(24)43-14-15-44-27-17-23(32)11-13-25(27)34(20-30(37)41-8-3)21-31(38)42-9-4/h10-13,16-17H,6-9,14-15,18-21,32H2,1-5H3. The van der Waals surface area contributed by atoms with Crippen LogP contribution in [-0.4, -0.2) is 89.7 Å². The van der Waals surface area contributed by atoms with Crippen molar-refractivity contribution in [1.82, 2.24) is 0 Å². The van der Waals surface area contributed by atoms with Gasteiger partial charge in [-0.2, -0.15) is 0 Å². The molecule has 2 aromatic carbocycles. The van der Waals surface area contributed by atoms with Gasteiger partial charge < -0.3 is 44.0 Å². The van der Waals surface area contributed by atoms with Crippen LogP contribution in [0.4, 0.5) is 17.1 Å². The number of nitrogen functional groups attached to an aromatic ring is 1. The summed E-state index contributed by atoms with van der Waals surface area (Å²) in [5.74, 6) is -1.32. The first-order valence-electron chi connectivity index (χ1n) is 14.5. The van der Waals surface area contributed by atoms with Gasteiger partial charge in [-0.1, -0.05) is 6.07 Å². The van der Waals surface area contributed by atoms with Crippen molar-refractivity contribution in [2.45, 2.75) is 34.6 Å². The van der Waals surface area contributed by atoms with Crippen LogP contribution in [0.1, 0.15) is 33.3 Å². The number of aryl methyl sites for hydroxylation is 1. The fourth-order valence-corrected chi connectivity index (χ4v) is 4.11. The number of rotatable bonds is 19. The largest absolute Gasteiger partial charge is 0.488 e. The molecule has 0 bridgehead atoms. The molecule has 13 nitrogen and oxygen atoms in total. The molecule has 0 saturated carbocycles. The minimum absolute atomic E-state index is 0.0479. The minimum atomic E-state index is -0.523. The predicted molar refractivity (Wildman–Crippen MR) is 164 cm³/mol. The Hall–Kier alpha value is -4.68. The lowest BCUT2D eigenvalue weighted by Crippen LogP contribution is -2.36. The Balaban J connectivity index is 2.25. The summed E-state index contributed by atoms with van der Waals surface area (Å²) in [4.78, 5) is 52.3. The van der Waals surface area contributed by atoms with Crippen LogP contribution in [0.3, 0.4) is 0 Å². The molecule has 2 aromatic rings. The van der Waals surface area contributed by atoms with Crippen molar-refractivity contribution in [1.29, 1.82) is 0 Å². The first-order chi connectivity index (χ1) is 21.1. The number of hydrogen-bond acceptors (Lipinski definition) is 13. The van der Waals surface area contributed by atoms with Crippen molar-refractivity contribution in [3.8, 4) is 11.5 Å². The maximum Gasteiger partial charge on any atom is 0.325 e. The summed E-state index contributed by atoms with van der Waals surface area (Å²) >= 11 is 0. The molecule has 44 heavy (non-hydrogen) atoms. The second-order valence-electron chi connectivity index (χ2n) is 9.33.